The first-order valence-electron chi connectivity index (χ1n) is 10.7. The third-order valence-corrected chi connectivity index (χ3v) is 5.31. The van der Waals surface area contributed by atoms with Gasteiger partial charge in [-0.25, -0.2) is 0 Å². The average molecular weight is 389 g/mol. The van der Waals surface area contributed by atoms with Crippen molar-refractivity contribution in [2.45, 2.75) is 39.3 Å². The summed E-state index contributed by atoms with van der Waals surface area (Å²) in [6, 6.07) is 8.75. The Bertz CT molecular complexity index is 625. The van der Waals surface area contributed by atoms with E-state index in [4.69, 9.17) is 4.74 Å². The monoisotopic (exact) mass is 388 g/mol. The van der Waals surface area contributed by atoms with Crippen LogP contribution in [-0.2, 0) is 11.3 Å². The molecule has 28 heavy (non-hydrogen) atoms. The summed E-state index contributed by atoms with van der Waals surface area (Å²) in [7, 11) is 0. The molecular weight excluding hydrogens is 352 g/mol. The first-order valence-corrected chi connectivity index (χ1v) is 10.7. The van der Waals surface area contributed by atoms with Crippen LogP contribution in [0.25, 0.3) is 0 Å². The van der Waals surface area contributed by atoms with E-state index >= 15 is 0 Å². The fourth-order valence-electron chi connectivity index (χ4n) is 3.51. The van der Waals surface area contributed by atoms with E-state index in [9.17, 15) is 5.11 Å². The fourth-order valence-corrected chi connectivity index (χ4v) is 3.51. The molecule has 2 N–H and O–H groups in total. The van der Waals surface area contributed by atoms with Gasteiger partial charge in [0, 0.05) is 45.9 Å². The van der Waals surface area contributed by atoms with E-state index in [1.54, 1.807) is 0 Å². The van der Waals surface area contributed by atoms with Crippen molar-refractivity contribution in [3.05, 3.63) is 35.4 Å². The second kappa shape index (κ2) is 10.8. The van der Waals surface area contributed by atoms with Gasteiger partial charge in [-0.15, -0.1) is 0 Å². The molecule has 1 aromatic rings. The van der Waals surface area contributed by atoms with E-state index in [0.29, 0.717) is 13.2 Å². The number of rotatable bonds is 9. The van der Waals surface area contributed by atoms with Crippen molar-refractivity contribution < 1.29 is 9.84 Å². The van der Waals surface area contributed by atoms with Gasteiger partial charge in [-0.3, -0.25) is 9.89 Å². The zero-order valence-electron chi connectivity index (χ0n) is 17.4. The molecule has 156 valence electrons. The van der Waals surface area contributed by atoms with Crippen molar-refractivity contribution >= 4 is 5.96 Å². The quantitative estimate of drug-likeness (QED) is 0.500. The van der Waals surface area contributed by atoms with Gasteiger partial charge in [0.25, 0.3) is 0 Å². The van der Waals surface area contributed by atoms with Crippen LogP contribution >= 0.6 is 0 Å². The van der Waals surface area contributed by atoms with Crippen LogP contribution in [-0.4, -0.2) is 79.5 Å². The number of hydrogen-bond acceptors (Lipinski definition) is 4. The van der Waals surface area contributed by atoms with Gasteiger partial charge in [0.2, 0.25) is 0 Å². The summed E-state index contributed by atoms with van der Waals surface area (Å²) >= 11 is 0. The van der Waals surface area contributed by atoms with Crippen molar-refractivity contribution in [2.75, 3.05) is 52.5 Å². The zero-order chi connectivity index (χ0) is 19.8. The van der Waals surface area contributed by atoms with Gasteiger partial charge < -0.3 is 20.1 Å². The van der Waals surface area contributed by atoms with Crippen LogP contribution in [0, 0.1) is 12.8 Å². The van der Waals surface area contributed by atoms with E-state index in [0.717, 1.165) is 57.8 Å². The lowest BCUT2D eigenvalue weighted by molar-refractivity contribution is 0.0367. The zero-order valence-corrected chi connectivity index (χ0v) is 17.4. The number of guanidine groups is 1. The summed E-state index contributed by atoms with van der Waals surface area (Å²) in [6.45, 7) is 11.5. The van der Waals surface area contributed by atoms with E-state index in [1.165, 1.54) is 24.0 Å². The Morgan fingerprint density at radius 2 is 2.07 bits per heavy atom. The normalized spacial score (nSPS) is 19.7. The lowest BCUT2D eigenvalue weighted by Gasteiger charge is -2.36. The number of aliphatic hydroxyl groups excluding tert-OH is 1. The summed E-state index contributed by atoms with van der Waals surface area (Å²) in [6.07, 6.45) is 2.01. The summed E-state index contributed by atoms with van der Waals surface area (Å²) in [5.41, 5.74) is 2.70. The van der Waals surface area contributed by atoms with Crippen molar-refractivity contribution in [2.24, 2.45) is 10.9 Å². The van der Waals surface area contributed by atoms with Crippen molar-refractivity contribution in [3.63, 3.8) is 0 Å². The van der Waals surface area contributed by atoms with Gasteiger partial charge in [0.1, 0.15) is 0 Å². The van der Waals surface area contributed by atoms with Crippen molar-refractivity contribution in [1.29, 1.82) is 0 Å². The third-order valence-electron chi connectivity index (χ3n) is 5.31. The molecule has 2 aliphatic rings. The second-order valence-corrected chi connectivity index (χ2v) is 8.08. The molecule has 2 fully saturated rings. The highest BCUT2D eigenvalue weighted by molar-refractivity contribution is 5.80. The van der Waals surface area contributed by atoms with E-state index in [1.807, 2.05) is 0 Å². The maximum Gasteiger partial charge on any atom is 0.194 e. The number of aryl methyl sites for hydroxylation is 1. The Morgan fingerprint density at radius 1 is 1.29 bits per heavy atom. The van der Waals surface area contributed by atoms with Crippen LogP contribution in [0.3, 0.4) is 0 Å². The maximum atomic E-state index is 10.1. The van der Waals surface area contributed by atoms with Gasteiger partial charge in [0.05, 0.1) is 19.3 Å². The number of benzene rings is 1. The molecule has 0 radical (unpaired) electrons. The Kier molecular flexibility index (Phi) is 8.13. The first kappa shape index (κ1) is 21.1. The molecule has 1 heterocycles. The number of aliphatic imine (C=N–C) groups is 1. The highest BCUT2D eigenvalue weighted by Gasteiger charge is 2.22. The van der Waals surface area contributed by atoms with E-state index in [2.05, 4.69) is 58.2 Å². The molecule has 1 aliphatic heterocycles. The average Bonchev–Trinajstić information content (AvgIpc) is 3.50. The standard InChI is InChI=1S/C22H36N4O2/c1-3-23-22(24-14-21(27)17-28-16-19-7-8-19)26-11-9-25(10-12-26)15-20-6-4-5-18(2)13-20/h4-6,13,19,21,27H,3,7-12,14-17H2,1-2H3,(H,23,24). The number of piperazine rings is 1. The topological polar surface area (TPSA) is 60.3 Å². The molecule has 0 bridgehead atoms. The number of hydrogen-bond donors (Lipinski definition) is 2. The molecule has 3 rings (SSSR count). The number of nitrogens with one attached hydrogen (secondary N) is 1. The number of nitrogens with zero attached hydrogens (tertiary/aromatic N) is 3. The Morgan fingerprint density at radius 3 is 2.75 bits per heavy atom. The van der Waals surface area contributed by atoms with Crippen LogP contribution in [0.15, 0.2) is 29.3 Å². The minimum Gasteiger partial charge on any atom is -0.389 e. The summed E-state index contributed by atoms with van der Waals surface area (Å²) in [5.74, 6) is 1.63. The minimum absolute atomic E-state index is 0.379. The molecule has 0 aromatic heterocycles. The second-order valence-electron chi connectivity index (χ2n) is 8.08. The van der Waals surface area contributed by atoms with Gasteiger partial charge in [0.15, 0.2) is 5.96 Å². The van der Waals surface area contributed by atoms with Gasteiger partial charge in [-0.1, -0.05) is 29.8 Å². The summed E-state index contributed by atoms with van der Waals surface area (Å²) < 4.78 is 5.58. The van der Waals surface area contributed by atoms with E-state index < -0.39 is 6.10 Å². The smallest absolute Gasteiger partial charge is 0.194 e. The minimum atomic E-state index is -0.532. The molecule has 1 aliphatic carbocycles. The predicted molar refractivity (Wildman–Crippen MR) is 114 cm³/mol. The SMILES string of the molecule is CCNC(=NCC(O)COCC1CC1)N1CCN(Cc2cccc(C)c2)CC1. The van der Waals surface area contributed by atoms with Crippen LogP contribution < -0.4 is 5.32 Å². The van der Waals surface area contributed by atoms with Crippen LogP contribution in [0.1, 0.15) is 30.9 Å². The van der Waals surface area contributed by atoms with Gasteiger partial charge in [-0.2, -0.15) is 0 Å². The Hall–Kier alpha value is -1.63. The molecule has 6 nitrogen and oxygen atoms in total. The largest absolute Gasteiger partial charge is 0.389 e. The third kappa shape index (κ3) is 7.08. The predicted octanol–water partition coefficient (Wildman–Crippen LogP) is 1.87. The molecule has 6 heteroatoms. The highest BCUT2D eigenvalue weighted by Crippen LogP contribution is 2.28. The highest BCUT2D eigenvalue weighted by atomic mass is 16.5. The molecule has 1 unspecified atom stereocenters. The first-order chi connectivity index (χ1) is 13.6. The molecule has 1 saturated heterocycles. The molecule has 1 saturated carbocycles. The lowest BCUT2D eigenvalue weighted by Crippen LogP contribution is -2.52. The van der Waals surface area contributed by atoms with Crippen LogP contribution in [0.5, 0.6) is 0 Å². The maximum absolute atomic E-state index is 10.1. The molecule has 1 aromatic carbocycles. The Labute approximate surface area is 169 Å². The van der Waals surface area contributed by atoms with Crippen molar-refractivity contribution in [3.8, 4) is 0 Å². The summed E-state index contributed by atoms with van der Waals surface area (Å²) in [4.78, 5) is 9.45. The van der Waals surface area contributed by atoms with Crippen LogP contribution in [0.2, 0.25) is 0 Å². The number of aliphatic hydroxyl groups is 1. The summed E-state index contributed by atoms with van der Waals surface area (Å²) in [5, 5.41) is 13.5. The molecule has 0 spiro atoms. The van der Waals surface area contributed by atoms with E-state index in [-0.39, 0.29) is 0 Å². The molecule has 0 amide bonds. The van der Waals surface area contributed by atoms with Crippen molar-refractivity contribution in [1.82, 2.24) is 15.1 Å². The molecular formula is C22H36N4O2. The van der Waals surface area contributed by atoms with Crippen LogP contribution in [0.4, 0.5) is 0 Å². The lowest BCUT2D eigenvalue weighted by atomic mass is 10.1. The van der Waals surface area contributed by atoms with Gasteiger partial charge in [-0.05, 0) is 38.2 Å². The number of ether oxygens (including phenoxy) is 1. The fraction of sp³-hybridized carbons (Fsp3) is 0.682. The molecule has 1 atom stereocenters. The Balaban J connectivity index is 1.43. The van der Waals surface area contributed by atoms with Gasteiger partial charge >= 0.3 is 0 Å².